The summed E-state index contributed by atoms with van der Waals surface area (Å²) in [6.45, 7) is 5.43. The number of benzene rings is 2. The fourth-order valence-corrected chi connectivity index (χ4v) is 5.28. The number of halogens is 4. The molecule has 1 saturated heterocycles. The molecule has 1 amide bonds. The molecule has 0 bridgehead atoms. The van der Waals surface area contributed by atoms with Crippen LogP contribution in [-0.2, 0) is 18.5 Å². The average Bonchev–Trinajstić information content (AvgIpc) is 3.79. The molecule has 13 nitrogen and oxygen atoms in total. The third-order valence-electron chi connectivity index (χ3n) is 8.52. The number of carbonyl (C=O) groups excluding carboxylic acids is 1. The van der Waals surface area contributed by atoms with Crippen LogP contribution in [0.15, 0.2) is 67.3 Å². The number of amides is 1. The second-order valence-corrected chi connectivity index (χ2v) is 12.3. The lowest BCUT2D eigenvalue weighted by molar-refractivity contribution is -0.182. The zero-order chi connectivity index (χ0) is 35.6. The number of hydrogen-bond donors (Lipinski definition) is 3. The number of alkyl halides is 3. The van der Waals surface area contributed by atoms with Crippen molar-refractivity contribution in [1.82, 2.24) is 45.1 Å². The summed E-state index contributed by atoms with van der Waals surface area (Å²) < 4.78 is 55.3. The first-order valence-corrected chi connectivity index (χ1v) is 15.5. The van der Waals surface area contributed by atoms with E-state index in [-0.39, 0.29) is 29.4 Å². The minimum Gasteiger partial charge on any atom is -0.478 e. The number of H-pyrrole nitrogens is 1. The lowest BCUT2D eigenvalue weighted by atomic mass is 9.92. The number of nitrogens with zero attached hydrogens (tertiary/aromatic N) is 8. The number of carboxylic acids is 1. The summed E-state index contributed by atoms with van der Waals surface area (Å²) in [5.41, 5.74) is 1.07. The van der Waals surface area contributed by atoms with Crippen molar-refractivity contribution in [2.45, 2.75) is 38.5 Å². The van der Waals surface area contributed by atoms with Gasteiger partial charge < -0.3 is 15.3 Å². The van der Waals surface area contributed by atoms with Crippen molar-refractivity contribution in [3.05, 3.63) is 101 Å². The van der Waals surface area contributed by atoms with Crippen molar-refractivity contribution < 1.29 is 32.3 Å². The molecular formula is C33H32F4N10O3. The van der Waals surface area contributed by atoms with E-state index in [1.54, 1.807) is 18.5 Å². The van der Waals surface area contributed by atoms with E-state index >= 15 is 0 Å². The van der Waals surface area contributed by atoms with Crippen LogP contribution >= 0.6 is 0 Å². The smallest absolute Gasteiger partial charge is 0.401 e. The molecule has 3 aromatic heterocycles. The lowest BCUT2D eigenvalue weighted by Crippen LogP contribution is -2.46. The summed E-state index contributed by atoms with van der Waals surface area (Å²) in [6, 6.07) is 12.2. The zero-order valence-corrected chi connectivity index (χ0v) is 26.9. The van der Waals surface area contributed by atoms with Crippen molar-refractivity contribution in [3.63, 3.8) is 0 Å². The van der Waals surface area contributed by atoms with Crippen LogP contribution in [0.1, 0.15) is 51.8 Å². The quantitative estimate of drug-likeness (QED) is 0.180. The van der Waals surface area contributed by atoms with E-state index < -0.39 is 35.1 Å². The molecule has 0 atom stereocenters. The van der Waals surface area contributed by atoms with Crippen molar-refractivity contribution in [1.29, 1.82) is 0 Å². The van der Waals surface area contributed by atoms with Gasteiger partial charge in [-0.25, -0.2) is 28.8 Å². The Morgan fingerprint density at radius 1 is 0.960 bits per heavy atom. The van der Waals surface area contributed by atoms with Gasteiger partial charge in [0.05, 0.1) is 23.9 Å². The maximum absolute atomic E-state index is 14.1. The molecule has 0 unspecified atom stereocenters. The molecule has 1 aliphatic heterocycles. The largest absolute Gasteiger partial charge is 0.478 e. The van der Waals surface area contributed by atoms with Gasteiger partial charge in [0.2, 0.25) is 5.95 Å². The molecule has 3 N–H and O–H groups in total. The number of aromatic amines is 1. The van der Waals surface area contributed by atoms with Gasteiger partial charge in [0.15, 0.2) is 5.82 Å². The van der Waals surface area contributed by atoms with Crippen LogP contribution in [0.25, 0.3) is 17.1 Å². The van der Waals surface area contributed by atoms with Gasteiger partial charge in [-0.15, -0.1) is 0 Å². The first-order chi connectivity index (χ1) is 23.8. The first kappa shape index (κ1) is 34.2. The maximum Gasteiger partial charge on any atom is 0.401 e. The molecule has 50 heavy (non-hydrogen) atoms. The van der Waals surface area contributed by atoms with Gasteiger partial charge in [0.25, 0.3) is 5.91 Å². The Kier molecular flexibility index (Phi) is 9.33. The Morgan fingerprint density at radius 2 is 1.66 bits per heavy atom. The standard InChI is InChI=1S/C33H32F4N10O3/c1-32(2,33(35,36)37)30-42-27(43-44-30)17-38-28(48)23-16-41-47(19-23)31-39-14-22(15-40-31)21-5-3-20(4-6-21)18-45-9-11-46(12-10-45)24-7-8-25(29(49)50)26(34)13-24/h3-8,13-16,19H,9-12,17-18H2,1-2H3,(H,38,48)(H,49,50)(H,42,43,44). The molecule has 17 heteroatoms. The number of piperazine rings is 1. The fraction of sp³-hybridized carbons (Fsp3) is 0.303. The zero-order valence-electron chi connectivity index (χ0n) is 26.9. The second-order valence-electron chi connectivity index (χ2n) is 12.3. The normalized spacial score (nSPS) is 14.2. The van der Waals surface area contributed by atoms with Crippen molar-refractivity contribution in [2.24, 2.45) is 0 Å². The third kappa shape index (κ3) is 7.31. The van der Waals surface area contributed by atoms with E-state index in [9.17, 15) is 27.2 Å². The molecule has 0 aliphatic carbocycles. The van der Waals surface area contributed by atoms with E-state index in [4.69, 9.17) is 5.11 Å². The predicted octanol–water partition coefficient (Wildman–Crippen LogP) is 4.38. The van der Waals surface area contributed by atoms with Gasteiger partial charge in [-0.2, -0.15) is 23.4 Å². The monoisotopic (exact) mass is 692 g/mol. The van der Waals surface area contributed by atoms with Crippen LogP contribution in [0.3, 0.4) is 0 Å². The van der Waals surface area contributed by atoms with E-state index in [0.717, 1.165) is 50.2 Å². The Morgan fingerprint density at radius 3 is 2.30 bits per heavy atom. The fourth-order valence-electron chi connectivity index (χ4n) is 5.28. The minimum atomic E-state index is -4.54. The number of aromatic carboxylic acids is 1. The highest BCUT2D eigenvalue weighted by molar-refractivity contribution is 5.93. The molecule has 4 heterocycles. The van der Waals surface area contributed by atoms with E-state index in [1.165, 1.54) is 29.2 Å². The Balaban J connectivity index is 0.997. The Bertz CT molecular complexity index is 1980. The van der Waals surface area contributed by atoms with Crippen LogP contribution in [0.2, 0.25) is 0 Å². The predicted molar refractivity (Wildman–Crippen MR) is 172 cm³/mol. The first-order valence-electron chi connectivity index (χ1n) is 15.5. The second kappa shape index (κ2) is 13.7. The number of hydrogen-bond acceptors (Lipinski definition) is 9. The molecule has 0 saturated carbocycles. The summed E-state index contributed by atoms with van der Waals surface area (Å²) in [5.74, 6) is -2.67. The molecular weight excluding hydrogens is 660 g/mol. The van der Waals surface area contributed by atoms with Gasteiger partial charge >= 0.3 is 12.1 Å². The summed E-state index contributed by atoms with van der Waals surface area (Å²) in [5, 5.41) is 21.9. The van der Waals surface area contributed by atoms with Gasteiger partial charge in [-0.1, -0.05) is 24.3 Å². The topological polar surface area (TPSA) is 158 Å². The Hall–Kier alpha value is -5.71. The number of carbonyl (C=O) groups is 2. The van der Waals surface area contributed by atoms with Crippen molar-refractivity contribution in [2.75, 3.05) is 31.1 Å². The van der Waals surface area contributed by atoms with Crippen molar-refractivity contribution >= 4 is 17.6 Å². The highest BCUT2D eigenvalue weighted by Gasteiger charge is 2.51. The molecule has 5 aromatic rings. The van der Waals surface area contributed by atoms with E-state index in [2.05, 4.69) is 40.5 Å². The highest BCUT2D eigenvalue weighted by atomic mass is 19.4. The molecule has 2 aromatic carbocycles. The summed E-state index contributed by atoms with van der Waals surface area (Å²) >= 11 is 0. The van der Waals surface area contributed by atoms with Gasteiger partial charge in [0, 0.05) is 62.6 Å². The molecule has 1 aliphatic rings. The number of rotatable bonds is 10. The van der Waals surface area contributed by atoms with Crippen LogP contribution < -0.4 is 10.2 Å². The summed E-state index contributed by atoms with van der Waals surface area (Å²) in [4.78, 5) is 40.7. The highest BCUT2D eigenvalue weighted by Crippen LogP contribution is 2.38. The number of anilines is 1. The van der Waals surface area contributed by atoms with Crippen molar-refractivity contribution in [3.8, 4) is 17.1 Å². The third-order valence-corrected chi connectivity index (χ3v) is 8.52. The van der Waals surface area contributed by atoms with Crippen LogP contribution in [0.4, 0.5) is 23.2 Å². The molecule has 0 spiro atoms. The number of nitrogens with one attached hydrogen (secondary N) is 2. The number of carboxylic acid groups (broad SMARTS) is 1. The number of aromatic nitrogens is 7. The average molecular weight is 693 g/mol. The van der Waals surface area contributed by atoms with Gasteiger partial charge in [0.1, 0.15) is 17.1 Å². The molecule has 260 valence electrons. The van der Waals surface area contributed by atoms with Crippen LogP contribution in [-0.4, -0.2) is 89.2 Å². The van der Waals surface area contributed by atoms with Gasteiger partial charge in [-0.3, -0.25) is 14.8 Å². The summed E-state index contributed by atoms with van der Waals surface area (Å²) in [6.07, 6.45) is 1.51. The molecule has 1 fully saturated rings. The molecule has 0 radical (unpaired) electrons. The van der Waals surface area contributed by atoms with E-state index in [0.29, 0.717) is 18.8 Å². The van der Waals surface area contributed by atoms with Crippen LogP contribution in [0, 0.1) is 5.82 Å². The van der Waals surface area contributed by atoms with Crippen LogP contribution in [0.5, 0.6) is 0 Å². The lowest BCUT2D eigenvalue weighted by Gasteiger charge is -2.36. The van der Waals surface area contributed by atoms with E-state index in [1.807, 2.05) is 29.2 Å². The van der Waals surface area contributed by atoms with Gasteiger partial charge in [-0.05, 0) is 43.2 Å². The molecule has 6 rings (SSSR count). The maximum atomic E-state index is 14.1. The minimum absolute atomic E-state index is 0.0747. The Labute approximate surface area is 283 Å². The SMILES string of the molecule is CC(C)(c1n[nH]c(CNC(=O)c2cnn(-c3ncc(-c4ccc(CN5CCN(c6ccc(C(=O)O)c(F)c6)CC5)cc4)cn3)c2)n1)C(F)(F)F. The summed E-state index contributed by atoms with van der Waals surface area (Å²) in [7, 11) is 0.